The summed E-state index contributed by atoms with van der Waals surface area (Å²) in [5.41, 5.74) is 5.95. The summed E-state index contributed by atoms with van der Waals surface area (Å²) in [4.78, 5) is 11.7. The average molecular weight is 259 g/mol. The predicted octanol–water partition coefficient (Wildman–Crippen LogP) is 3.74. The first-order valence-electron chi connectivity index (χ1n) is 6.05. The van der Waals surface area contributed by atoms with Crippen LogP contribution in [0.15, 0.2) is 36.4 Å². The molecule has 0 bridgehead atoms. The molecule has 0 aliphatic rings. The van der Waals surface area contributed by atoms with Crippen LogP contribution in [-0.4, -0.2) is 11.8 Å². The van der Waals surface area contributed by atoms with E-state index in [0.29, 0.717) is 11.4 Å². The minimum absolute atomic E-state index is 0.444. The Morgan fingerprint density at radius 3 is 2.32 bits per heavy atom. The second-order valence-electron chi connectivity index (χ2n) is 5.27. The molecule has 2 aromatic rings. The van der Waals surface area contributed by atoms with Gasteiger partial charge in [0.15, 0.2) is 0 Å². The maximum Gasteiger partial charge on any atom is 0.514 e. The van der Waals surface area contributed by atoms with Crippen molar-refractivity contribution in [2.45, 2.75) is 26.4 Å². The van der Waals surface area contributed by atoms with E-state index in [1.54, 1.807) is 32.9 Å². The Hall–Kier alpha value is -2.23. The summed E-state index contributed by atoms with van der Waals surface area (Å²) in [5, 5.41) is 1.64. The number of carbonyl (C=O) groups excluding carboxylic acids is 1. The molecule has 4 nitrogen and oxygen atoms in total. The minimum atomic E-state index is -0.720. The third-order valence-electron chi connectivity index (χ3n) is 2.50. The SMILES string of the molecule is CC(C)(C)OC(=O)Oc1ccc(N)c2ccccc12. The fraction of sp³-hybridized carbons (Fsp3) is 0.267. The van der Waals surface area contributed by atoms with Gasteiger partial charge in [0.1, 0.15) is 11.4 Å². The first-order chi connectivity index (χ1) is 8.87. The molecule has 0 unspecified atom stereocenters. The van der Waals surface area contributed by atoms with E-state index < -0.39 is 11.8 Å². The Morgan fingerprint density at radius 2 is 1.68 bits per heavy atom. The van der Waals surface area contributed by atoms with E-state index >= 15 is 0 Å². The van der Waals surface area contributed by atoms with Crippen LogP contribution in [0.2, 0.25) is 0 Å². The lowest BCUT2D eigenvalue weighted by molar-refractivity contribution is 0.0209. The van der Waals surface area contributed by atoms with Crippen LogP contribution in [0.1, 0.15) is 20.8 Å². The number of nitrogen functional groups attached to an aromatic ring is 1. The van der Waals surface area contributed by atoms with Gasteiger partial charge in [-0.3, -0.25) is 0 Å². The fourth-order valence-electron chi connectivity index (χ4n) is 1.74. The number of anilines is 1. The first-order valence-corrected chi connectivity index (χ1v) is 6.05. The molecule has 0 aromatic heterocycles. The lowest BCUT2D eigenvalue weighted by atomic mass is 10.1. The number of carbonyl (C=O) groups is 1. The zero-order chi connectivity index (χ0) is 14.0. The third-order valence-corrected chi connectivity index (χ3v) is 2.50. The van der Waals surface area contributed by atoms with Gasteiger partial charge in [0.25, 0.3) is 0 Å². The van der Waals surface area contributed by atoms with Crippen molar-refractivity contribution in [1.29, 1.82) is 0 Å². The molecule has 0 fully saturated rings. The van der Waals surface area contributed by atoms with E-state index in [1.807, 2.05) is 24.3 Å². The molecule has 0 aliphatic heterocycles. The molecule has 0 radical (unpaired) electrons. The van der Waals surface area contributed by atoms with Gasteiger partial charge in [-0.05, 0) is 32.9 Å². The second-order valence-corrected chi connectivity index (χ2v) is 5.27. The molecule has 4 heteroatoms. The van der Waals surface area contributed by atoms with Gasteiger partial charge < -0.3 is 15.2 Å². The van der Waals surface area contributed by atoms with E-state index in [1.165, 1.54) is 0 Å². The van der Waals surface area contributed by atoms with E-state index in [9.17, 15) is 4.79 Å². The number of hydrogen-bond donors (Lipinski definition) is 1. The molecule has 0 atom stereocenters. The number of nitrogens with two attached hydrogens (primary N) is 1. The summed E-state index contributed by atoms with van der Waals surface area (Å²) in [7, 11) is 0. The summed E-state index contributed by atoms with van der Waals surface area (Å²) >= 11 is 0. The van der Waals surface area contributed by atoms with E-state index in [2.05, 4.69) is 0 Å². The highest BCUT2D eigenvalue weighted by Gasteiger charge is 2.19. The number of fused-ring (bicyclic) bond motifs is 1. The Bertz CT molecular complexity index is 614. The standard InChI is InChI=1S/C15H17NO3/c1-15(2,3)19-14(17)18-13-9-8-12(16)10-6-4-5-7-11(10)13/h4-9H,16H2,1-3H3. The molecule has 100 valence electrons. The van der Waals surface area contributed by atoms with Crippen LogP contribution in [0, 0.1) is 0 Å². The van der Waals surface area contributed by atoms with E-state index in [4.69, 9.17) is 15.2 Å². The third kappa shape index (κ3) is 3.16. The fourth-order valence-corrected chi connectivity index (χ4v) is 1.74. The van der Waals surface area contributed by atoms with Crippen LogP contribution >= 0.6 is 0 Å². The Balaban J connectivity index is 2.31. The summed E-state index contributed by atoms with van der Waals surface area (Å²) in [6.07, 6.45) is -0.720. The lowest BCUT2D eigenvalue weighted by Crippen LogP contribution is -2.26. The molecular weight excluding hydrogens is 242 g/mol. The highest BCUT2D eigenvalue weighted by molar-refractivity contribution is 5.97. The van der Waals surface area contributed by atoms with Gasteiger partial charge in [0, 0.05) is 16.5 Å². The number of rotatable bonds is 1. The first kappa shape index (κ1) is 13.2. The van der Waals surface area contributed by atoms with Crippen molar-refractivity contribution in [2.75, 3.05) is 5.73 Å². The quantitative estimate of drug-likeness (QED) is 0.481. The zero-order valence-electron chi connectivity index (χ0n) is 11.3. The lowest BCUT2D eigenvalue weighted by Gasteiger charge is -2.19. The van der Waals surface area contributed by atoms with Crippen molar-refractivity contribution in [1.82, 2.24) is 0 Å². The van der Waals surface area contributed by atoms with Gasteiger partial charge in [-0.25, -0.2) is 4.79 Å². The van der Waals surface area contributed by atoms with E-state index in [0.717, 1.165) is 10.8 Å². The second kappa shape index (κ2) is 4.80. The van der Waals surface area contributed by atoms with Crippen molar-refractivity contribution in [3.63, 3.8) is 0 Å². The van der Waals surface area contributed by atoms with Gasteiger partial charge in [-0.15, -0.1) is 0 Å². The van der Waals surface area contributed by atoms with Crippen LogP contribution in [0.3, 0.4) is 0 Å². The Labute approximate surface area is 112 Å². The molecule has 0 amide bonds. The maximum atomic E-state index is 11.7. The minimum Gasteiger partial charge on any atom is -0.428 e. The molecular formula is C15H17NO3. The number of ether oxygens (including phenoxy) is 2. The van der Waals surface area contributed by atoms with Gasteiger partial charge in [0.2, 0.25) is 0 Å². The molecule has 2 aromatic carbocycles. The summed E-state index contributed by atoms with van der Waals surface area (Å²) < 4.78 is 10.4. The molecule has 0 spiro atoms. The number of hydrogen-bond acceptors (Lipinski definition) is 4. The van der Waals surface area contributed by atoms with Gasteiger partial charge in [-0.2, -0.15) is 0 Å². The molecule has 19 heavy (non-hydrogen) atoms. The Morgan fingerprint density at radius 1 is 1.05 bits per heavy atom. The molecule has 0 saturated carbocycles. The molecule has 2 N–H and O–H groups in total. The van der Waals surface area contributed by atoms with Crippen molar-refractivity contribution < 1.29 is 14.3 Å². The average Bonchev–Trinajstić information content (AvgIpc) is 2.31. The summed E-state index contributed by atoms with van der Waals surface area (Å²) in [5.74, 6) is 0.444. The van der Waals surface area contributed by atoms with Crippen molar-refractivity contribution >= 4 is 22.6 Å². The van der Waals surface area contributed by atoms with Crippen LogP contribution in [0.4, 0.5) is 10.5 Å². The molecule has 2 rings (SSSR count). The summed E-state index contributed by atoms with van der Waals surface area (Å²) in [6.45, 7) is 5.36. The highest BCUT2D eigenvalue weighted by atomic mass is 16.7. The van der Waals surface area contributed by atoms with Crippen molar-refractivity contribution in [2.24, 2.45) is 0 Å². The van der Waals surface area contributed by atoms with E-state index in [-0.39, 0.29) is 0 Å². The van der Waals surface area contributed by atoms with Gasteiger partial charge in [0.05, 0.1) is 0 Å². The summed E-state index contributed by atoms with van der Waals surface area (Å²) in [6, 6.07) is 10.9. The highest BCUT2D eigenvalue weighted by Crippen LogP contribution is 2.30. The van der Waals surface area contributed by atoms with Crippen LogP contribution in [0.25, 0.3) is 10.8 Å². The van der Waals surface area contributed by atoms with Gasteiger partial charge >= 0.3 is 6.16 Å². The van der Waals surface area contributed by atoms with Crippen LogP contribution < -0.4 is 10.5 Å². The Kier molecular flexibility index (Phi) is 3.34. The topological polar surface area (TPSA) is 61.5 Å². The van der Waals surface area contributed by atoms with Gasteiger partial charge in [-0.1, -0.05) is 24.3 Å². The normalized spacial score (nSPS) is 11.3. The zero-order valence-corrected chi connectivity index (χ0v) is 11.3. The molecule has 0 heterocycles. The molecule has 0 aliphatic carbocycles. The molecule has 0 saturated heterocycles. The van der Waals surface area contributed by atoms with Crippen molar-refractivity contribution in [3.8, 4) is 5.75 Å². The monoisotopic (exact) mass is 259 g/mol. The smallest absolute Gasteiger partial charge is 0.428 e. The van der Waals surface area contributed by atoms with Crippen molar-refractivity contribution in [3.05, 3.63) is 36.4 Å². The largest absolute Gasteiger partial charge is 0.514 e. The number of benzene rings is 2. The maximum absolute atomic E-state index is 11.7. The van der Waals surface area contributed by atoms with Crippen LogP contribution in [0.5, 0.6) is 5.75 Å². The van der Waals surface area contributed by atoms with Crippen LogP contribution in [-0.2, 0) is 4.74 Å². The predicted molar refractivity (Wildman–Crippen MR) is 75.2 cm³/mol.